The largest absolute Gasteiger partial charge is 0.365 e. The SMILES string of the molecule is Cc1ccc2c(NCc3ccc(NC(=O)c4ccc(F)cc4)cc3)nc(N3CCNCC3)nc2c1. The van der Waals surface area contributed by atoms with E-state index in [1.54, 1.807) is 0 Å². The van der Waals surface area contributed by atoms with Crippen LogP contribution >= 0.6 is 0 Å². The van der Waals surface area contributed by atoms with Crippen LogP contribution in [0.25, 0.3) is 10.9 Å². The van der Waals surface area contributed by atoms with Crippen LogP contribution in [-0.2, 0) is 6.54 Å². The van der Waals surface area contributed by atoms with E-state index in [1.807, 2.05) is 24.3 Å². The molecule has 35 heavy (non-hydrogen) atoms. The predicted molar refractivity (Wildman–Crippen MR) is 137 cm³/mol. The van der Waals surface area contributed by atoms with Gasteiger partial charge in [-0.2, -0.15) is 4.98 Å². The number of benzene rings is 3. The van der Waals surface area contributed by atoms with E-state index in [9.17, 15) is 9.18 Å². The lowest BCUT2D eigenvalue weighted by Gasteiger charge is -2.28. The van der Waals surface area contributed by atoms with Crippen molar-refractivity contribution in [3.05, 3.63) is 89.2 Å². The zero-order chi connectivity index (χ0) is 24.2. The van der Waals surface area contributed by atoms with E-state index in [0.717, 1.165) is 60.0 Å². The maximum Gasteiger partial charge on any atom is 0.255 e. The number of anilines is 3. The standard InChI is InChI=1S/C27H27FN6O/c1-18-2-11-23-24(16-18)32-27(34-14-12-29-13-15-34)33-25(23)30-17-19-3-9-22(10-4-19)31-26(35)20-5-7-21(28)8-6-20/h2-11,16,29H,12-15,17H2,1H3,(H,31,35)(H,30,32,33). The van der Waals surface area contributed by atoms with Gasteiger partial charge in [0.2, 0.25) is 5.95 Å². The molecule has 0 bridgehead atoms. The summed E-state index contributed by atoms with van der Waals surface area (Å²) >= 11 is 0. The Hall–Kier alpha value is -4.04. The maximum absolute atomic E-state index is 13.1. The second-order valence-electron chi connectivity index (χ2n) is 8.64. The van der Waals surface area contributed by atoms with Gasteiger partial charge in [0.05, 0.1) is 5.52 Å². The van der Waals surface area contributed by atoms with Gasteiger partial charge in [-0.15, -0.1) is 0 Å². The van der Waals surface area contributed by atoms with Gasteiger partial charge in [-0.3, -0.25) is 4.79 Å². The van der Waals surface area contributed by atoms with Crippen LogP contribution in [0.3, 0.4) is 0 Å². The normalized spacial score (nSPS) is 13.6. The Morgan fingerprint density at radius 2 is 1.74 bits per heavy atom. The van der Waals surface area contributed by atoms with E-state index in [2.05, 4.69) is 46.0 Å². The first-order valence-electron chi connectivity index (χ1n) is 11.7. The first-order chi connectivity index (χ1) is 17.0. The number of hydrogen-bond acceptors (Lipinski definition) is 6. The van der Waals surface area contributed by atoms with Gasteiger partial charge >= 0.3 is 0 Å². The Morgan fingerprint density at radius 1 is 1.00 bits per heavy atom. The van der Waals surface area contributed by atoms with Crippen LogP contribution in [0.15, 0.2) is 66.7 Å². The molecule has 0 atom stereocenters. The molecule has 0 unspecified atom stereocenters. The molecular weight excluding hydrogens is 443 g/mol. The number of aryl methyl sites for hydroxylation is 1. The molecule has 7 nitrogen and oxygen atoms in total. The third-order valence-corrected chi connectivity index (χ3v) is 6.02. The fourth-order valence-electron chi connectivity index (χ4n) is 4.06. The van der Waals surface area contributed by atoms with Crippen LogP contribution in [-0.4, -0.2) is 42.1 Å². The number of amides is 1. The van der Waals surface area contributed by atoms with Gasteiger partial charge in [0.15, 0.2) is 0 Å². The third-order valence-electron chi connectivity index (χ3n) is 6.02. The average molecular weight is 471 g/mol. The summed E-state index contributed by atoms with van der Waals surface area (Å²) < 4.78 is 13.1. The molecule has 1 aliphatic rings. The number of nitrogens with one attached hydrogen (secondary N) is 3. The van der Waals surface area contributed by atoms with Crippen LogP contribution in [0.2, 0.25) is 0 Å². The van der Waals surface area contributed by atoms with Gasteiger partial charge in [-0.1, -0.05) is 18.2 Å². The summed E-state index contributed by atoms with van der Waals surface area (Å²) in [5.74, 6) is 0.896. The molecule has 5 rings (SSSR count). The van der Waals surface area contributed by atoms with Crippen molar-refractivity contribution in [2.24, 2.45) is 0 Å². The summed E-state index contributed by atoms with van der Waals surface area (Å²) in [6, 6.07) is 19.3. The lowest BCUT2D eigenvalue weighted by Crippen LogP contribution is -2.44. The van der Waals surface area contributed by atoms with E-state index in [4.69, 9.17) is 9.97 Å². The number of rotatable bonds is 6. The Morgan fingerprint density at radius 3 is 2.49 bits per heavy atom. The first kappa shape index (κ1) is 22.7. The second kappa shape index (κ2) is 10.1. The van der Waals surface area contributed by atoms with Gasteiger partial charge < -0.3 is 20.9 Å². The summed E-state index contributed by atoms with van der Waals surface area (Å²) in [6.07, 6.45) is 0. The number of piperazine rings is 1. The maximum atomic E-state index is 13.1. The molecule has 3 N–H and O–H groups in total. The molecule has 1 saturated heterocycles. The van der Waals surface area contributed by atoms with E-state index >= 15 is 0 Å². The predicted octanol–water partition coefficient (Wildman–Crippen LogP) is 4.35. The molecule has 178 valence electrons. The van der Waals surface area contributed by atoms with Gasteiger partial charge in [-0.25, -0.2) is 9.37 Å². The van der Waals surface area contributed by atoms with E-state index in [0.29, 0.717) is 17.8 Å². The van der Waals surface area contributed by atoms with E-state index in [-0.39, 0.29) is 11.7 Å². The number of carbonyl (C=O) groups excluding carboxylic acids is 1. The smallest absolute Gasteiger partial charge is 0.255 e. The lowest BCUT2D eigenvalue weighted by molar-refractivity contribution is 0.102. The number of nitrogens with zero attached hydrogens (tertiary/aromatic N) is 3. The number of carbonyl (C=O) groups is 1. The van der Waals surface area contributed by atoms with Crippen molar-refractivity contribution in [1.82, 2.24) is 15.3 Å². The van der Waals surface area contributed by atoms with Crippen LogP contribution in [0.4, 0.5) is 21.8 Å². The van der Waals surface area contributed by atoms with Crippen LogP contribution in [0, 0.1) is 12.7 Å². The van der Waals surface area contributed by atoms with Crippen LogP contribution in [0.1, 0.15) is 21.5 Å². The van der Waals surface area contributed by atoms with Gasteiger partial charge in [0, 0.05) is 49.4 Å². The summed E-state index contributed by atoms with van der Waals surface area (Å²) in [6.45, 7) is 6.23. The van der Waals surface area contributed by atoms with Crippen molar-refractivity contribution in [1.29, 1.82) is 0 Å². The zero-order valence-electron chi connectivity index (χ0n) is 19.5. The van der Waals surface area contributed by atoms with E-state index in [1.165, 1.54) is 24.3 Å². The van der Waals surface area contributed by atoms with Crippen molar-refractivity contribution >= 4 is 34.3 Å². The Balaban J connectivity index is 1.30. The molecule has 0 aliphatic carbocycles. The Labute approximate surface area is 203 Å². The Bertz CT molecular complexity index is 1330. The van der Waals surface area contributed by atoms with Crippen molar-refractivity contribution in [3.8, 4) is 0 Å². The number of hydrogen-bond donors (Lipinski definition) is 3. The highest BCUT2D eigenvalue weighted by atomic mass is 19.1. The molecule has 1 fully saturated rings. The Kier molecular flexibility index (Phi) is 6.54. The minimum Gasteiger partial charge on any atom is -0.365 e. The van der Waals surface area contributed by atoms with Gasteiger partial charge in [0.25, 0.3) is 5.91 Å². The summed E-state index contributed by atoms with van der Waals surface area (Å²) in [5, 5.41) is 10.7. The van der Waals surface area contributed by atoms with Gasteiger partial charge in [-0.05, 0) is 66.6 Å². The topological polar surface area (TPSA) is 82.2 Å². The van der Waals surface area contributed by atoms with Crippen LogP contribution < -0.4 is 20.9 Å². The molecule has 1 aromatic heterocycles. The van der Waals surface area contributed by atoms with Crippen molar-refractivity contribution < 1.29 is 9.18 Å². The van der Waals surface area contributed by atoms with Gasteiger partial charge in [0.1, 0.15) is 11.6 Å². The quantitative estimate of drug-likeness (QED) is 0.389. The molecule has 3 aromatic carbocycles. The summed E-state index contributed by atoms with van der Waals surface area (Å²) in [5.41, 5.74) is 4.21. The molecule has 0 spiro atoms. The number of halogens is 1. The molecule has 4 aromatic rings. The fraction of sp³-hybridized carbons (Fsp3) is 0.222. The highest BCUT2D eigenvalue weighted by Gasteiger charge is 2.16. The minimum atomic E-state index is -0.370. The van der Waals surface area contributed by atoms with E-state index < -0.39 is 0 Å². The third kappa shape index (κ3) is 5.38. The van der Waals surface area contributed by atoms with Crippen molar-refractivity contribution in [3.63, 3.8) is 0 Å². The molecule has 0 saturated carbocycles. The molecule has 1 amide bonds. The molecule has 0 radical (unpaired) electrons. The highest BCUT2D eigenvalue weighted by molar-refractivity contribution is 6.04. The second-order valence-corrected chi connectivity index (χ2v) is 8.64. The summed E-state index contributed by atoms with van der Waals surface area (Å²) in [7, 11) is 0. The van der Waals surface area contributed by atoms with Crippen molar-refractivity contribution in [2.75, 3.05) is 41.7 Å². The lowest BCUT2D eigenvalue weighted by atomic mass is 10.1. The number of fused-ring (bicyclic) bond motifs is 1. The highest BCUT2D eigenvalue weighted by Crippen LogP contribution is 2.25. The minimum absolute atomic E-state index is 0.279. The fourth-order valence-corrected chi connectivity index (χ4v) is 4.06. The molecule has 8 heteroatoms. The monoisotopic (exact) mass is 470 g/mol. The molecule has 2 heterocycles. The molecular formula is C27H27FN6O. The average Bonchev–Trinajstić information content (AvgIpc) is 2.88. The molecule has 1 aliphatic heterocycles. The van der Waals surface area contributed by atoms with Crippen LogP contribution in [0.5, 0.6) is 0 Å². The summed E-state index contributed by atoms with van der Waals surface area (Å²) in [4.78, 5) is 24.3. The van der Waals surface area contributed by atoms with Crippen molar-refractivity contribution in [2.45, 2.75) is 13.5 Å². The number of aromatic nitrogens is 2. The first-order valence-corrected chi connectivity index (χ1v) is 11.7. The zero-order valence-corrected chi connectivity index (χ0v) is 19.5.